The van der Waals surface area contributed by atoms with Gasteiger partial charge in [0.05, 0.1) is 17.5 Å². The van der Waals surface area contributed by atoms with Gasteiger partial charge < -0.3 is 19.9 Å². The van der Waals surface area contributed by atoms with Crippen LogP contribution in [0.2, 0.25) is 5.02 Å². The number of nitrogens with zero attached hydrogens (tertiary/aromatic N) is 2. The third kappa shape index (κ3) is 9.14. The number of carboxylic acid groups (broad SMARTS) is 1. The lowest BCUT2D eigenvalue weighted by Gasteiger charge is -2.26. The van der Waals surface area contributed by atoms with Crippen LogP contribution in [-0.4, -0.2) is 47.1 Å². The van der Waals surface area contributed by atoms with Gasteiger partial charge in [0.2, 0.25) is 5.91 Å². The number of carbonyl (C=O) groups is 2. The highest BCUT2D eigenvalue weighted by atomic mass is 35.5. The molecular weight excluding hydrogens is 627 g/mol. The second-order valence-corrected chi connectivity index (χ2v) is 12.3. The smallest absolute Gasteiger partial charge is 0.305 e. The molecule has 3 rings (SSSR count). The first kappa shape index (κ1) is 37.9. The number of aliphatic carboxylic acids is 1. The van der Waals surface area contributed by atoms with Crippen LogP contribution >= 0.6 is 25.1 Å². The van der Waals surface area contributed by atoms with E-state index < -0.39 is 53.4 Å². The lowest BCUT2D eigenvalue weighted by atomic mass is 9.92. The number of carbonyl (C=O) groups excluding carboxylic acids is 1. The molecule has 1 aromatic heterocycles. The topological polar surface area (TPSA) is 91.6 Å². The summed E-state index contributed by atoms with van der Waals surface area (Å²) in [6.07, 6.45) is 1.31. The van der Waals surface area contributed by atoms with Crippen molar-refractivity contribution in [3.05, 3.63) is 91.1 Å². The molecule has 1 amide bonds. The number of hydrogen-bond donors (Lipinski definition) is 2. The molecule has 246 valence electrons. The maximum atomic E-state index is 15.6. The summed E-state index contributed by atoms with van der Waals surface area (Å²) >= 11 is 6.27. The van der Waals surface area contributed by atoms with Gasteiger partial charge in [0.15, 0.2) is 5.82 Å². The van der Waals surface area contributed by atoms with Crippen LogP contribution in [0.3, 0.4) is 0 Å². The second kappa shape index (κ2) is 15.8. The number of nitrogens with one attached hydrogen (secondary N) is 1. The van der Waals surface area contributed by atoms with Gasteiger partial charge in [0.25, 0.3) is 5.56 Å². The number of aryl methyl sites for hydroxylation is 2. The van der Waals surface area contributed by atoms with Crippen LogP contribution in [0.1, 0.15) is 66.6 Å². The summed E-state index contributed by atoms with van der Waals surface area (Å²) in [7, 11) is 3.72. The highest BCUT2D eigenvalue weighted by Gasteiger charge is 2.30. The Kier molecular flexibility index (Phi) is 13.3. The zero-order chi connectivity index (χ0) is 33.0. The van der Waals surface area contributed by atoms with Gasteiger partial charge in [-0.05, 0) is 111 Å². The molecule has 7 nitrogen and oxygen atoms in total. The van der Waals surface area contributed by atoms with Gasteiger partial charge in [-0.3, -0.25) is 14.4 Å². The fraction of sp³-hybridized carbons (Fsp3) is 0.424. The molecule has 1 heterocycles. The van der Waals surface area contributed by atoms with Crippen molar-refractivity contribution in [3.63, 3.8) is 0 Å². The van der Waals surface area contributed by atoms with Crippen LogP contribution in [0, 0.1) is 44.1 Å². The van der Waals surface area contributed by atoms with E-state index in [2.05, 4.69) is 5.32 Å². The molecule has 0 aliphatic heterocycles. The number of amides is 1. The molecule has 0 aliphatic rings. The van der Waals surface area contributed by atoms with Crippen molar-refractivity contribution in [2.45, 2.75) is 66.0 Å². The van der Waals surface area contributed by atoms with Crippen molar-refractivity contribution in [1.29, 1.82) is 0 Å². The fourth-order valence-electron chi connectivity index (χ4n) is 5.41. The van der Waals surface area contributed by atoms with Crippen LogP contribution < -0.4 is 10.9 Å². The number of pyridine rings is 1. The van der Waals surface area contributed by atoms with Crippen LogP contribution in [0.15, 0.2) is 35.3 Å². The SMILES string of the molecule is Cc1cc(F)cc(C)c1-c1cc(Cl)c(F)c([C@H](CC(=O)O)NC(=O)C(CC(C)C)n2cc(CCN(C)C)c(C)c(F)c2=O)c1.S. The largest absolute Gasteiger partial charge is 0.481 e. The maximum Gasteiger partial charge on any atom is 0.305 e. The number of benzene rings is 2. The summed E-state index contributed by atoms with van der Waals surface area (Å²) in [5, 5.41) is 12.0. The van der Waals surface area contributed by atoms with Crippen LogP contribution in [-0.2, 0) is 16.0 Å². The summed E-state index contributed by atoms with van der Waals surface area (Å²) in [5.74, 6) is -4.56. The molecular formula is C33H41ClF3N3O4S. The van der Waals surface area contributed by atoms with E-state index in [4.69, 9.17) is 11.6 Å². The molecule has 0 saturated carbocycles. The summed E-state index contributed by atoms with van der Waals surface area (Å²) in [6.45, 7) is 9.10. The number of carboxylic acids is 1. The number of hydrogen-bond acceptors (Lipinski definition) is 4. The molecule has 12 heteroatoms. The van der Waals surface area contributed by atoms with E-state index in [0.29, 0.717) is 40.8 Å². The summed E-state index contributed by atoms with van der Waals surface area (Å²) in [5.41, 5.74) is 1.67. The van der Waals surface area contributed by atoms with Gasteiger partial charge >= 0.3 is 5.97 Å². The predicted octanol–water partition coefficient (Wildman–Crippen LogP) is 6.65. The van der Waals surface area contributed by atoms with Crippen LogP contribution in [0.5, 0.6) is 0 Å². The van der Waals surface area contributed by atoms with Crippen molar-refractivity contribution in [2.24, 2.45) is 5.92 Å². The number of aromatic nitrogens is 1. The molecule has 0 aliphatic carbocycles. The van der Waals surface area contributed by atoms with Crippen molar-refractivity contribution in [2.75, 3.05) is 20.6 Å². The number of rotatable bonds is 12. The highest BCUT2D eigenvalue weighted by molar-refractivity contribution is 7.59. The third-order valence-corrected chi connectivity index (χ3v) is 7.88. The molecule has 2 N–H and O–H groups in total. The Labute approximate surface area is 273 Å². The Morgan fingerprint density at radius 1 is 1.02 bits per heavy atom. The minimum atomic E-state index is -1.40. The molecule has 2 aromatic carbocycles. The van der Waals surface area contributed by atoms with E-state index in [-0.39, 0.29) is 42.0 Å². The zero-order valence-electron chi connectivity index (χ0n) is 26.5. The predicted molar refractivity (Wildman–Crippen MR) is 176 cm³/mol. The van der Waals surface area contributed by atoms with Gasteiger partial charge in [0.1, 0.15) is 17.7 Å². The minimum Gasteiger partial charge on any atom is -0.481 e. The van der Waals surface area contributed by atoms with Crippen LogP contribution in [0.25, 0.3) is 11.1 Å². The first-order valence-electron chi connectivity index (χ1n) is 14.3. The normalized spacial score (nSPS) is 12.6. The minimum absolute atomic E-state index is 0. The summed E-state index contributed by atoms with van der Waals surface area (Å²) in [4.78, 5) is 40.8. The van der Waals surface area contributed by atoms with Crippen molar-refractivity contribution in [1.82, 2.24) is 14.8 Å². The van der Waals surface area contributed by atoms with Gasteiger partial charge in [-0.15, -0.1) is 0 Å². The Hall–Kier alpha value is -3.28. The molecule has 2 atom stereocenters. The summed E-state index contributed by atoms with van der Waals surface area (Å²) < 4.78 is 45.8. The first-order chi connectivity index (χ1) is 20.5. The Bertz CT molecular complexity index is 1600. The second-order valence-electron chi connectivity index (χ2n) is 11.9. The Morgan fingerprint density at radius 3 is 2.16 bits per heavy atom. The van der Waals surface area contributed by atoms with E-state index in [0.717, 1.165) is 4.57 Å². The van der Waals surface area contributed by atoms with Gasteiger partial charge in [-0.1, -0.05) is 25.4 Å². The quantitative estimate of drug-likeness (QED) is 0.226. The van der Waals surface area contributed by atoms with E-state index in [1.54, 1.807) is 13.8 Å². The third-order valence-electron chi connectivity index (χ3n) is 7.60. The van der Waals surface area contributed by atoms with E-state index >= 15 is 8.78 Å². The molecule has 0 spiro atoms. The van der Waals surface area contributed by atoms with E-state index in [9.17, 15) is 23.9 Å². The Balaban J connectivity index is 0.00000705. The lowest BCUT2D eigenvalue weighted by Crippen LogP contribution is -2.41. The average Bonchev–Trinajstić information content (AvgIpc) is 2.90. The van der Waals surface area contributed by atoms with E-state index in [1.807, 2.05) is 32.8 Å². The average molecular weight is 668 g/mol. The van der Waals surface area contributed by atoms with Gasteiger partial charge in [0, 0.05) is 18.3 Å². The number of halogens is 4. The number of likely N-dealkylation sites (N-methyl/N-ethyl adjacent to an activating group) is 1. The lowest BCUT2D eigenvalue weighted by molar-refractivity contribution is -0.138. The standard InChI is InChI=1S/C33H39ClF3N3O4.H2S/c1-17(2)10-27(40-16-21(8-9-39(6)7)20(5)30(36)33(40)44)32(43)38-26(15-28(41)42)24-13-22(14-25(34)31(24)37)29-18(3)11-23(35)12-19(29)4;/h11-14,16-17,26-27H,8-10,15H2,1-7H3,(H,38,43)(H,41,42);1H2/t26-,27?;/m0./s1. The molecule has 3 aromatic rings. The monoisotopic (exact) mass is 667 g/mol. The zero-order valence-corrected chi connectivity index (χ0v) is 28.3. The van der Waals surface area contributed by atoms with E-state index in [1.165, 1.54) is 37.4 Å². The van der Waals surface area contributed by atoms with Gasteiger partial charge in [-0.2, -0.15) is 13.5 Å². The van der Waals surface area contributed by atoms with Crippen LogP contribution in [0.4, 0.5) is 13.2 Å². The maximum absolute atomic E-state index is 15.6. The molecule has 0 fully saturated rings. The van der Waals surface area contributed by atoms with Gasteiger partial charge in [-0.25, -0.2) is 13.2 Å². The fourth-order valence-corrected chi connectivity index (χ4v) is 5.64. The Morgan fingerprint density at radius 2 is 1.62 bits per heavy atom. The molecule has 0 bridgehead atoms. The highest BCUT2D eigenvalue weighted by Crippen LogP contribution is 2.36. The van der Waals surface area contributed by atoms with Crippen molar-refractivity contribution >= 4 is 37.0 Å². The molecule has 45 heavy (non-hydrogen) atoms. The molecule has 0 radical (unpaired) electrons. The molecule has 0 saturated heterocycles. The molecule has 1 unspecified atom stereocenters. The van der Waals surface area contributed by atoms with Crippen molar-refractivity contribution < 1.29 is 27.9 Å². The summed E-state index contributed by atoms with van der Waals surface area (Å²) in [6, 6.07) is 2.77. The first-order valence-corrected chi connectivity index (χ1v) is 14.7. The van der Waals surface area contributed by atoms with Crippen molar-refractivity contribution in [3.8, 4) is 11.1 Å².